The van der Waals surface area contributed by atoms with Gasteiger partial charge in [-0.1, -0.05) is 32.4 Å². The predicted molar refractivity (Wildman–Crippen MR) is 101 cm³/mol. The molecule has 1 atom stereocenters. The van der Waals surface area contributed by atoms with Gasteiger partial charge in [0, 0.05) is 31.1 Å². The zero-order valence-electron chi connectivity index (χ0n) is 15.3. The van der Waals surface area contributed by atoms with Crippen LogP contribution in [-0.4, -0.2) is 54.8 Å². The van der Waals surface area contributed by atoms with Gasteiger partial charge in [0.25, 0.3) is 0 Å². The molecule has 0 spiro atoms. The van der Waals surface area contributed by atoms with Crippen LogP contribution >= 0.6 is 11.6 Å². The molecule has 2 fully saturated rings. The van der Waals surface area contributed by atoms with Crippen molar-refractivity contribution >= 4 is 32.7 Å². The van der Waals surface area contributed by atoms with Gasteiger partial charge in [-0.2, -0.15) is 4.31 Å². The molecule has 0 amide bonds. The van der Waals surface area contributed by atoms with E-state index in [1.54, 1.807) is 16.4 Å². The molecule has 6 nitrogen and oxygen atoms in total. The van der Waals surface area contributed by atoms with Crippen LogP contribution in [0.15, 0.2) is 21.4 Å². The van der Waals surface area contributed by atoms with Crippen molar-refractivity contribution in [3.63, 3.8) is 0 Å². The van der Waals surface area contributed by atoms with Crippen molar-refractivity contribution < 1.29 is 12.8 Å². The lowest BCUT2D eigenvalue weighted by atomic mass is 9.97. The molecule has 2 aromatic rings. The Labute approximate surface area is 159 Å². The Balaban J connectivity index is 1.79. The molecule has 26 heavy (non-hydrogen) atoms. The van der Waals surface area contributed by atoms with Gasteiger partial charge in [0.15, 0.2) is 5.58 Å². The fourth-order valence-electron chi connectivity index (χ4n) is 3.81. The van der Waals surface area contributed by atoms with E-state index in [0.717, 1.165) is 25.9 Å². The van der Waals surface area contributed by atoms with Gasteiger partial charge in [-0.05, 0) is 31.5 Å². The normalized spacial score (nSPS) is 22.8. The molecular formula is C18H24ClN3O3S. The summed E-state index contributed by atoms with van der Waals surface area (Å²) in [5, 5.41) is 0.183. The summed E-state index contributed by atoms with van der Waals surface area (Å²) in [5.41, 5.74) is 0.468. The van der Waals surface area contributed by atoms with Crippen LogP contribution in [0.1, 0.15) is 39.5 Å². The number of rotatable bonds is 2. The van der Waals surface area contributed by atoms with E-state index in [1.165, 1.54) is 0 Å². The van der Waals surface area contributed by atoms with Crippen LogP contribution in [0.2, 0.25) is 5.02 Å². The van der Waals surface area contributed by atoms with Crippen LogP contribution in [-0.2, 0) is 15.4 Å². The lowest BCUT2D eigenvalue weighted by Gasteiger charge is -2.36. The Kier molecular flexibility index (Phi) is 4.34. The van der Waals surface area contributed by atoms with Gasteiger partial charge in [0.05, 0.1) is 5.02 Å². The molecule has 3 heterocycles. The number of aromatic nitrogens is 1. The zero-order chi connectivity index (χ0) is 18.7. The summed E-state index contributed by atoms with van der Waals surface area (Å²) in [6, 6.07) is 3.61. The molecule has 1 aromatic carbocycles. The molecule has 0 N–H and O–H groups in total. The number of hydrogen-bond donors (Lipinski definition) is 0. The van der Waals surface area contributed by atoms with Crippen LogP contribution < -0.4 is 0 Å². The van der Waals surface area contributed by atoms with Crippen LogP contribution in [0.5, 0.6) is 0 Å². The van der Waals surface area contributed by atoms with E-state index in [4.69, 9.17) is 16.0 Å². The molecule has 0 bridgehead atoms. The summed E-state index contributed by atoms with van der Waals surface area (Å²) in [4.78, 5) is 6.90. The minimum absolute atomic E-state index is 0.0473. The number of fused-ring (bicyclic) bond motifs is 2. The second kappa shape index (κ2) is 6.19. The maximum Gasteiger partial charge on any atom is 0.248 e. The third-order valence-corrected chi connectivity index (χ3v) is 7.61. The maximum absolute atomic E-state index is 13.4. The number of nitrogens with zero attached hydrogens (tertiary/aromatic N) is 3. The molecule has 0 saturated carbocycles. The topological polar surface area (TPSA) is 66.7 Å². The second-order valence-corrected chi connectivity index (χ2v) is 10.5. The van der Waals surface area contributed by atoms with E-state index in [9.17, 15) is 8.42 Å². The summed E-state index contributed by atoms with van der Waals surface area (Å²) in [5.74, 6) is 0.506. The fourth-order valence-corrected chi connectivity index (χ4v) is 5.90. The van der Waals surface area contributed by atoms with Gasteiger partial charge in [0.1, 0.15) is 10.4 Å². The van der Waals surface area contributed by atoms with Gasteiger partial charge < -0.3 is 4.42 Å². The predicted octanol–water partition coefficient (Wildman–Crippen LogP) is 3.25. The van der Waals surface area contributed by atoms with Crippen LogP contribution in [0.4, 0.5) is 0 Å². The molecule has 0 aliphatic carbocycles. The van der Waals surface area contributed by atoms with Crippen molar-refractivity contribution in [3.05, 3.63) is 23.0 Å². The monoisotopic (exact) mass is 397 g/mol. The van der Waals surface area contributed by atoms with Gasteiger partial charge in [-0.3, -0.25) is 4.90 Å². The van der Waals surface area contributed by atoms with Crippen molar-refractivity contribution in [1.82, 2.24) is 14.2 Å². The summed E-state index contributed by atoms with van der Waals surface area (Å²) in [6.45, 7) is 8.75. The van der Waals surface area contributed by atoms with Crippen LogP contribution in [0, 0.1) is 0 Å². The smallest absolute Gasteiger partial charge is 0.248 e. The Bertz CT molecular complexity index is 948. The molecule has 2 saturated heterocycles. The highest BCUT2D eigenvalue weighted by atomic mass is 35.5. The summed E-state index contributed by atoms with van der Waals surface area (Å²) in [6.07, 6.45) is 2.17. The molecular weight excluding hydrogens is 374 g/mol. The van der Waals surface area contributed by atoms with Gasteiger partial charge in [0.2, 0.25) is 15.9 Å². The van der Waals surface area contributed by atoms with E-state index >= 15 is 0 Å². The van der Waals surface area contributed by atoms with Crippen molar-refractivity contribution in [3.8, 4) is 0 Å². The first-order valence-corrected chi connectivity index (χ1v) is 10.8. The first-order valence-electron chi connectivity index (χ1n) is 9.01. The van der Waals surface area contributed by atoms with E-state index in [0.29, 0.717) is 30.5 Å². The number of sulfonamides is 1. The summed E-state index contributed by atoms with van der Waals surface area (Å²) < 4.78 is 34.3. The quantitative estimate of drug-likeness (QED) is 0.778. The largest absolute Gasteiger partial charge is 0.439 e. The van der Waals surface area contributed by atoms with Gasteiger partial charge >= 0.3 is 0 Å². The second-order valence-electron chi connectivity index (χ2n) is 8.19. The molecule has 1 unspecified atom stereocenters. The van der Waals surface area contributed by atoms with Crippen LogP contribution in [0.3, 0.4) is 0 Å². The van der Waals surface area contributed by atoms with E-state index < -0.39 is 10.0 Å². The van der Waals surface area contributed by atoms with Crippen LogP contribution in [0.25, 0.3) is 11.1 Å². The highest BCUT2D eigenvalue weighted by molar-refractivity contribution is 7.89. The Morgan fingerprint density at radius 1 is 1.23 bits per heavy atom. The SMILES string of the molecule is CC(C)(C)c1nc2ccc(Cl)c(S(=O)(=O)N3CCN4CCCC4C3)c2o1. The lowest BCUT2D eigenvalue weighted by Crippen LogP contribution is -2.51. The molecule has 8 heteroatoms. The molecule has 2 aliphatic heterocycles. The van der Waals surface area contributed by atoms with Gasteiger partial charge in [-0.15, -0.1) is 0 Å². The minimum Gasteiger partial charge on any atom is -0.439 e. The Hall–Kier alpha value is -1.15. The van der Waals surface area contributed by atoms with Crippen molar-refractivity contribution in [2.45, 2.75) is 50.0 Å². The number of oxazole rings is 1. The first kappa shape index (κ1) is 18.2. The first-order chi connectivity index (χ1) is 12.2. The van der Waals surface area contributed by atoms with E-state index in [1.807, 2.05) is 20.8 Å². The summed E-state index contributed by atoms with van der Waals surface area (Å²) in [7, 11) is -3.75. The zero-order valence-corrected chi connectivity index (χ0v) is 16.9. The van der Waals surface area contributed by atoms with E-state index in [-0.39, 0.29) is 20.9 Å². The number of benzene rings is 1. The molecule has 4 rings (SSSR count). The number of piperazine rings is 1. The van der Waals surface area contributed by atoms with Gasteiger partial charge in [-0.25, -0.2) is 13.4 Å². The average Bonchev–Trinajstić information content (AvgIpc) is 3.19. The highest BCUT2D eigenvalue weighted by Crippen LogP contribution is 2.36. The third kappa shape index (κ3) is 2.95. The molecule has 0 radical (unpaired) electrons. The average molecular weight is 398 g/mol. The Morgan fingerprint density at radius 3 is 2.73 bits per heavy atom. The number of hydrogen-bond acceptors (Lipinski definition) is 5. The fraction of sp³-hybridized carbons (Fsp3) is 0.611. The van der Waals surface area contributed by atoms with E-state index in [2.05, 4.69) is 9.88 Å². The standard InChI is InChI=1S/C18H24ClN3O3S/c1-18(2,3)17-20-14-7-6-13(19)16(15(14)25-17)26(23,24)22-10-9-21-8-4-5-12(21)11-22/h6-7,12H,4-5,8-11H2,1-3H3. The molecule has 142 valence electrons. The van der Waals surface area contributed by atoms with Crippen molar-refractivity contribution in [1.29, 1.82) is 0 Å². The third-order valence-electron chi connectivity index (χ3n) is 5.25. The maximum atomic E-state index is 13.4. The number of halogens is 1. The summed E-state index contributed by atoms with van der Waals surface area (Å²) >= 11 is 6.34. The van der Waals surface area contributed by atoms with Crippen molar-refractivity contribution in [2.75, 3.05) is 26.2 Å². The highest BCUT2D eigenvalue weighted by Gasteiger charge is 2.39. The lowest BCUT2D eigenvalue weighted by molar-refractivity contribution is 0.158. The molecule has 2 aliphatic rings. The minimum atomic E-state index is -3.75. The van der Waals surface area contributed by atoms with Crippen molar-refractivity contribution in [2.24, 2.45) is 0 Å². The molecule has 1 aromatic heterocycles. The Morgan fingerprint density at radius 2 is 2.00 bits per heavy atom.